The fraction of sp³-hybridized carbons (Fsp3) is 0.375. The summed E-state index contributed by atoms with van der Waals surface area (Å²) in [5.74, 6) is 1.44. The lowest BCUT2D eigenvalue weighted by molar-refractivity contribution is 0.438. The highest BCUT2D eigenvalue weighted by atomic mass is 16.5. The minimum Gasteiger partial charge on any atom is -0.424 e. The van der Waals surface area contributed by atoms with Crippen LogP contribution in [0.25, 0.3) is 0 Å². The normalized spacial score (nSPS) is 14.4. The lowest BCUT2D eigenvalue weighted by atomic mass is 10.1. The molecule has 2 aromatic rings. The van der Waals surface area contributed by atoms with E-state index in [1.807, 2.05) is 12.1 Å². The zero-order chi connectivity index (χ0) is 13.2. The van der Waals surface area contributed by atoms with Gasteiger partial charge in [0.25, 0.3) is 0 Å². The van der Waals surface area contributed by atoms with Crippen molar-refractivity contribution in [2.45, 2.75) is 39.0 Å². The average molecular weight is 254 g/mol. The van der Waals surface area contributed by atoms with Crippen molar-refractivity contribution in [1.82, 2.24) is 9.97 Å². The molecule has 0 saturated heterocycles. The third-order valence-electron chi connectivity index (χ3n) is 3.56. The lowest BCUT2D eigenvalue weighted by Crippen LogP contribution is -1.96. The zero-order valence-electron chi connectivity index (χ0n) is 11.4. The maximum absolute atomic E-state index is 5.77. The molecule has 1 heterocycles. The molecular formula is C16H18N2O. The van der Waals surface area contributed by atoms with Gasteiger partial charge in [0.05, 0.1) is 5.69 Å². The van der Waals surface area contributed by atoms with Crippen LogP contribution < -0.4 is 4.74 Å². The van der Waals surface area contributed by atoms with Gasteiger partial charge in [0.2, 0.25) is 0 Å². The minimum atomic E-state index is 0.454. The Labute approximate surface area is 113 Å². The summed E-state index contributed by atoms with van der Waals surface area (Å²) in [4.78, 5) is 8.66. The number of aromatic nitrogens is 2. The van der Waals surface area contributed by atoms with Crippen LogP contribution in [0.1, 0.15) is 42.5 Å². The van der Waals surface area contributed by atoms with E-state index in [0.29, 0.717) is 11.9 Å². The van der Waals surface area contributed by atoms with Crippen molar-refractivity contribution in [3.05, 3.63) is 47.3 Å². The van der Waals surface area contributed by atoms with Gasteiger partial charge in [0.15, 0.2) is 0 Å². The van der Waals surface area contributed by atoms with Crippen LogP contribution >= 0.6 is 0 Å². The van der Waals surface area contributed by atoms with Gasteiger partial charge in [-0.1, -0.05) is 13.0 Å². The standard InChI is InChI=1S/C16H18N2O/c1-3-12-10-14(7-4-11(12)2)19-16-17-9-8-15(18-16)13-5-6-13/h4,7-10,13H,3,5-6H2,1-2H3. The van der Waals surface area contributed by atoms with Crippen molar-refractivity contribution in [1.29, 1.82) is 0 Å². The van der Waals surface area contributed by atoms with Gasteiger partial charge in [0, 0.05) is 12.1 Å². The van der Waals surface area contributed by atoms with Gasteiger partial charge < -0.3 is 4.74 Å². The summed E-state index contributed by atoms with van der Waals surface area (Å²) in [5.41, 5.74) is 3.70. The summed E-state index contributed by atoms with van der Waals surface area (Å²) in [7, 11) is 0. The molecule has 0 unspecified atom stereocenters. The summed E-state index contributed by atoms with van der Waals surface area (Å²) < 4.78 is 5.77. The quantitative estimate of drug-likeness (QED) is 0.826. The number of ether oxygens (including phenoxy) is 1. The Morgan fingerprint density at radius 2 is 2.11 bits per heavy atom. The van der Waals surface area contributed by atoms with Gasteiger partial charge in [-0.2, -0.15) is 4.98 Å². The third kappa shape index (κ3) is 2.75. The second-order valence-corrected chi connectivity index (χ2v) is 5.08. The molecule has 0 N–H and O–H groups in total. The predicted molar refractivity (Wildman–Crippen MR) is 74.6 cm³/mol. The van der Waals surface area contributed by atoms with Crippen molar-refractivity contribution in [2.24, 2.45) is 0 Å². The second-order valence-electron chi connectivity index (χ2n) is 5.08. The lowest BCUT2D eigenvalue weighted by Gasteiger charge is -2.08. The first-order valence-corrected chi connectivity index (χ1v) is 6.86. The van der Waals surface area contributed by atoms with Gasteiger partial charge in [0.1, 0.15) is 5.75 Å². The molecule has 0 atom stereocenters. The Bertz CT molecular complexity index is 591. The monoisotopic (exact) mass is 254 g/mol. The fourth-order valence-electron chi connectivity index (χ4n) is 2.21. The minimum absolute atomic E-state index is 0.454. The van der Waals surface area contributed by atoms with E-state index in [4.69, 9.17) is 4.74 Å². The number of aryl methyl sites for hydroxylation is 2. The summed E-state index contributed by atoms with van der Waals surface area (Å²) in [6.07, 6.45) is 5.26. The Hall–Kier alpha value is -1.90. The van der Waals surface area contributed by atoms with E-state index in [9.17, 15) is 0 Å². The van der Waals surface area contributed by atoms with Gasteiger partial charge in [-0.25, -0.2) is 4.98 Å². The van der Waals surface area contributed by atoms with E-state index >= 15 is 0 Å². The molecule has 3 heteroatoms. The van der Waals surface area contributed by atoms with Gasteiger partial charge in [-0.05, 0) is 55.5 Å². The molecule has 1 fully saturated rings. The SMILES string of the molecule is CCc1cc(Oc2nccc(C3CC3)n2)ccc1C. The predicted octanol–water partition coefficient (Wildman–Crippen LogP) is 4.02. The van der Waals surface area contributed by atoms with E-state index in [1.54, 1.807) is 6.20 Å². The average Bonchev–Trinajstić information content (AvgIpc) is 3.26. The van der Waals surface area contributed by atoms with Crippen molar-refractivity contribution >= 4 is 0 Å². The molecule has 1 aliphatic rings. The highest BCUT2D eigenvalue weighted by molar-refractivity contribution is 5.36. The Balaban J connectivity index is 1.82. The Morgan fingerprint density at radius 3 is 2.84 bits per heavy atom. The molecule has 98 valence electrons. The van der Waals surface area contributed by atoms with E-state index in [1.165, 1.54) is 24.0 Å². The molecule has 0 aliphatic heterocycles. The first-order valence-electron chi connectivity index (χ1n) is 6.86. The van der Waals surface area contributed by atoms with Crippen LogP contribution in [-0.4, -0.2) is 9.97 Å². The van der Waals surface area contributed by atoms with Crippen LogP contribution in [0.5, 0.6) is 11.8 Å². The highest BCUT2D eigenvalue weighted by Gasteiger charge is 2.25. The maximum Gasteiger partial charge on any atom is 0.322 e. The summed E-state index contributed by atoms with van der Waals surface area (Å²) in [6.45, 7) is 4.27. The molecule has 1 aliphatic carbocycles. The second kappa shape index (κ2) is 5.00. The molecule has 1 saturated carbocycles. The fourth-order valence-corrected chi connectivity index (χ4v) is 2.21. The van der Waals surface area contributed by atoms with Gasteiger partial charge >= 0.3 is 6.01 Å². The summed E-state index contributed by atoms with van der Waals surface area (Å²) in [6, 6.07) is 8.57. The molecular weight excluding hydrogens is 236 g/mol. The molecule has 0 radical (unpaired) electrons. The smallest absolute Gasteiger partial charge is 0.322 e. The zero-order valence-corrected chi connectivity index (χ0v) is 11.4. The topological polar surface area (TPSA) is 35.0 Å². The van der Waals surface area contributed by atoms with Crippen LogP contribution in [0, 0.1) is 6.92 Å². The highest BCUT2D eigenvalue weighted by Crippen LogP contribution is 2.39. The van der Waals surface area contributed by atoms with Crippen LogP contribution in [0.3, 0.4) is 0 Å². The molecule has 19 heavy (non-hydrogen) atoms. The third-order valence-corrected chi connectivity index (χ3v) is 3.56. The van der Waals surface area contributed by atoms with E-state index in [-0.39, 0.29) is 0 Å². The largest absolute Gasteiger partial charge is 0.424 e. The van der Waals surface area contributed by atoms with Crippen LogP contribution in [0.2, 0.25) is 0 Å². The number of hydrogen-bond acceptors (Lipinski definition) is 3. The number of nitrogens with zero attached hydrogens (tertiary/aromatic N) is 2. The number of benzene rings is 1. The number of hydrogen-bond donors (Lipinski definition) is 0. The van der Waals surface area contributed by atoms with E-state index in [0.717, 1.165) is 17.9 Å². The molecule has 3 rings (SSSR count). The van der Waals surface area contributed by atoms with Crippen molar-refractivity contribution in [2.75, 3.05) is 0 Å². The van der Waals surface area contributed by atoms with Crippen molar-refractivity contribution < 1.29 is 4.74 Å². The first kappa shape index (κ1) is 12.2. The van der Waals surface area contributed by atoms with Crippen LogP contribution in [0.4, 0.5) is 0 Å². The van der Waals surface area contributed by atoms with Gasteiger partial charge in [-0.15, -0.1) is 0 Å². The molecule has 1 aromatic heterocycles. The molecule has 0 bridgehead atoms. The summed E-state index contributed by atoms with van der Waals surface area (Å²) >= 11 is 0. The molecule has 0 spiro atoms. The van der Waals surface area contributed by atoms with Crippen LogP contribution in [0.15, 0.2) is 30.5 Å². The molecule has 0 amide bonds. The molecule has 3 nitrogen and oxygen atoms in total. The van der Waals surface area contributed by atoms with Crippen LogP contribution in [-0.2, 0) is 6.42 Å². The van der Waals surface area contributed by atoms with Crippen molar-refractivity contribution in [3.63, 3.8) is 0 Å². The van der Waals surface area contributed by atoms with Gasteiger partial charge in [-0.3, -0.25) is 0 Å². The van der Waals surface area contributed by atoms with E-state index in [2.05, 4.69) is 35.9 Å². The Kier molecular flexibility index (Phi) is 3.20. The maximum atomic E-state index is 5.77. The van der Waals surface area contributed by atoms with E-state index < -0.39 is 0 Å². The number of rotatable bonds is 4. The molecule has 1 aromatic carbocycles. The van der Waals surface area contributed by atoms with Crippen molar-refractivity contribution in [3.8, 4) is 11.8 Å². The summed E-state index contributed by atoms with van der Waals surface area (Å²) in [5, 5.41) is 0. The first-order chi connectivity index (χ1) is 9.26. The Morgan fingerprint density at radius 1 is 1.26 bits per heavy atom.